The van der Waals surface area contributed by atoms with Crippen LogP contribution in [0.1, 0.15) is 87.2 Å². The molecule has 8 aromatic carbocycles. The lowest BCUT2D eigenvalue weighted by atomic mass is 9.50. The van der Waals surface area contributed by atoms with E-state index in [2.05, 4.69) is 133 Å². The molecule has 0 spiro atoms. The topological polar surface area (TPSA) is 0 Å². The van der Waals surface area contributed by atoms with Crippen molar-refractivity contribution in [2.45, 2.75) is 76.0 Å². The maximum Gasteiger partial charge on any atom is 0.0434 e. The molecule has 0 nitrogen and oxygen atoms in total. The monoisotopic (exact) mass is 804 g/mol. The second-order valence-electron chi connectivity index (χ2n) is 21.1. The van der Waals surface area contributed by atoms with E-state index in [4.69, 9.17) is 0 Å². The van der Waals surface area contributed by atoms with Crippen LogP contribution in [0.15, 0.2) is 133 Å². The number of fused-ring (bicyclic) bond motifs is 7. The molecular weight excluding hydrogens is 753 g/mol. The molecule has 8 fully saturated rings. The van der Waals surface area contributed by atoms with Crippen molar-refractivity contribution in [2.75, 3.05) is 0 Å². The van der Waals surface area contributed by atoms with Gasteiger partial charge < -0.3 is 0 Å². The molecule has 8 bridgehead atoms. The number of benzene rings is 8. The minimum absolute atomic E-state index is 0.677. The summed E-state index contributed by atoms with van der Waals surface area (Å²) in [7, 11) is 0. The molecule has 61 heavy (non-hydrogen) atoms. The second kappa shape index (κ2) is 12.8. The molecule has 0 saturated heterocycles. The van der Waals surface area contributed by atoms with Gasteiger partial charge in [0.2, 0.25) is 0 Å². The van der Waals surface area contributed by atoms with Gasteiger partial charge in [0.05, 0.1) is 0 Å². The first-order valence-corrected chi connectivity index (χ1v) is 24.8. The van der Waals surface area contributed by atoms with Gasteiger partial charge >= 0.3 is 0 Å². The molecule has 298 valence electrons. The third-order valence-corrected chi connectivity index (χ3v) is 19.3. The van der Waals surface area contributed by atoms with Gasteiger partial charge in [0.1, 0.15) is 0 Å². The van der Waals surface area contributed by atoms with Crippen LogP contribution in [-0.2, 0) is 0 Å². The largest absolute Gasteiger partial charge is 0.135 e. The lowest BCUT2D eigenvalue weighted by molar-refractivity contribution is -0.00191. The molecule has 9 aromatic rings. The SMILES string of the molecule is c1cc(-c2c3ccccc3c(C3C4CC5CC(C4)CC3C5)c3ccccc23)c2c(c1)sc1c(-c3c4ccccc4c(C4C5CC6CC(C5)CC4C6)c4ccccc34)cccc12. The lowest BCUT2D eigenvalue weighted by Crippen LogP contribution is -2.43. The van der Waals surface area contributed by atoms with Gasteiger partial charge in [-0.3, -0.25) is 0 Å². The highest BCUT2D eigenvalue weighted by Crippen LogP contribution is 2.64. The summed E-state index contributed by atoms with van der Waals surface area (Å²) < 4.78 is 2.80. The van der Waals surface area contributed by atoms with Crippen molar-refractivity contribution in [3.63, 3.8) is 0 Å². The Bertz CT molecular complexity index is 3140. The number of hydrogen-bond acceptors (Lipinski definition) is 1. The van der Waals surface area contributed by atoms with Gasteiger partial charge in [-0.05, 0) is 200 Å². The van der Waals surface area contributed by atoms with E-state index in [9.17, 15) is 0 Å². The van der Waals surface area contributed by atoms with E-state index in [1.54, 1.807) is 11.1 Å². The van der Waals surface area contributed by atoms with E-state index in [1.807, 2.05) is 11.3 Å². The van der Waals surface area contributed by atoms with E-state index in [1.165, 1.54) is 150 Å². The Balaban J connectivity index is 0.968. The van der Waals surface area contributed by atoms with Crippen molar-refractivity contribution in [2.24, 2.45) is 47.3 Å². The highest BCUT2D eigenvalue weighted by atomic mass is 32.1. The highest BCUT2D eigenvalue weighted by molar-refractivity contribution is 7.26. The fourth-order valence-corrected chi connectivity index (χ4v) is 17.9. The minimum Gasteiger partial charge on any atom is -0.135 e. The summed E-state index contributed by atoms with van der Waals surface area (Å²) in [6.45, 7) is 0. The van der Waals surface area contributed by atoms with Crippen LogP contribution in [0.3, 0.4) is 0 Å². The standard InChI is InChI=1S/C60H52S/c1-5-15-45-41(11-1)55(42-12-2-6-16-46(42)58(45)53-37-25-33-23-34(27-37)28-38(53)26-33)49-19-10-22-52-57(49)51-21-9-20-50(60(51)61-52)56-43-13-3-7-17-47(43)59(48-18-8-4-14-44(48)56)54-39-29-35-24-36(31-39)32-40(54)30-35/h1-22,33-40,53-54H,23-32H2. The van der Waals surface area contributed by atoms with Crippen LogP contribution in [0.5, 0.6) is 0 Å². The number of thiophene rings is 1. The first-order chi connectivity index (χ1) is 30.2. The Hall–Kier alpha value is -4.98. The molecule has 8 aliphatic carbocycles. The Kier molecular flexibility index (Phi) is 7.26. The normalized spacial score (nSPS) is 30.0. The molecule has 0 N–H and O–H groups in total. The van der Waals surface area contributed by atoms with E-state index in [-0.39, 0.29) is 0 Å². The maximum absolute atomic E-state index is 2.48. The van der Waals surface area contributed by atoms with Crippen LogP contribution in [0.2, 0.25) is 0 Å². The molecule has 0 unspecified atom stereocenters. The van der Waals surface area contributed by atoms with Gasteiger partial charge in [-0.25, -0.2) is 0 Å². The molecule has 1 heteroatoms. The third-order valence-electron chi connectivity index (χ3n) is 18.1. The van der Waals surface area contributed by atoms with Crippen LogP contribution in [0.4, 0.5) is 0 Å². The van der Waals surface area contributed by atoms with Crippen LogP contribution in [0, 0.1) is 47.3 Å². The summed E-state index contributed by atoms with van der Waals surface area (Å²) >= 11 is 2.01. The second-order valence-corrected chi connectivity index (χ2v) is 22.2. The Morgan fingerprint density at radius 3 is 1.08 bits per heavy atom. The molecule has 0 radical (unpaired) electrons. The van der Waals surface area contributed by atoms with Gasteiger partial charge in [0, 0.05) is 25.7 Å². The van der Waals surface area contributed by atoms with Crippen molar-refractivity contribution < 1.29 is 0 Å². The van der Waals surface area contributed by atoms with Gasteiger partial charge in [0.15, 0.2) is 0 Å². The first kappa shape index (κ1) is 34.6. The zero-order valence-electron chi connectivity index (χ0n) is 35.0. The fraction of sp³-hybridized carbons (Fsp3) is 0.333. The third kappa shape index (κ3) is 4.83. The maximum atomic E-state index is 2.48. The smallest absolute Gasteiger partial charge is 0.0434 e. The number of rotatable bonds is 4. The lowest BCUT2D eigenvalue weighted by Gasteiger charge is -2.55. The summed E-state index contributed by atoms with van der Waals surface area (Å²) in [6, 6.07) is 52.6. The van der Waals surface area contributed by atoms with Crippen molar-refractivity contribution in [1.29, 1.82) is 0 Å². The zero-order valence-corrected chi connectivity index (χ0v) is 35.8. The quantitative estimate of drug-likeness (QED) is 0.155. The molecule has 8 aliphatic rings. The van der Waals surface area contributed by atoms with Crippen LogP contribution in [0.25, 0.3) is 85.5 Å². The Morgan fingerprint density at radius 2 is 0.656 bits per heavy atom. The van der Waals surface area contributed by atoms with E-state index >= 15 is 0 Å². The average molecular weight is 805 g/mol. The minimum atomic E-state index is 0.677. The molecule has 0 aliphatic heterocycles. The van der Waals surface area contributed by atoms with Gasteiger partial charge in [-0.15, -0.1) is 11.3 Å². The van der Waals surface area contributed by atoms with E-state index in [0.717, 1.165) is 47.3 Å². The van der Waals surface area contributed by atoms with Crippen molar-refractivity contribution >= 4 is 74.6 Å². The summed E-state index contributed by atoms with van der Waals surface area (Å²) in [5.74, 6) is 8.61. The molecule has 0 amide bonds. The van der Waals surface area contributed by atoms with E-state index in [0.29, 0.717) is 11.8 Å². The number of hydrogen-bond donors (Lipinski definition) is 0. The van der Waals surface area contributed by atoms with Crippen molar-refractivity contribution in [3.05, 3.63) is 145 Å². The summed E-state index contributed by atoms with van der Waals surface area (Å²) in [6.07, 6.45) is 14.6. The first-order valence-electron chi connectivity index (χ1n) is 24.0. The van der Waals surface area contributed by atoms with Gasteiger partial charge in [0.25, 0.3) is 0 Å². The Labute approximate surface area is 363 Å². The van der Waals surface area contributed by atoms with Crippen molar-refractivity contribution in [1.82, 2.24) is 0 Å². The van der Waals surface area contributed by atoms with Gasteiger partial charge in [-0.1, -0.05) is 127 Å². The zero-order chi connectivity index (χ0) is 39.5. The fourth-order valence-electron chi connectivity index (χ4n) is 16.7. The van der Waals surface area contributed by atoms with Crippen LogP contribution < -0.4 is 0 Å². The summed E-state index contributed by atoms with van der Waals surface area (Å²) in [5, 5.41) is 14.6. The summed E-state index contributed by atoms with van der Waals surface area (Å²) in [4.78, 5) is 0. The van der Waals surface area contributed by atoms with Crippen LogP contribution >= 0.6 is 11.3 Å². The van der Waals surface area contributed by atoms with Crippen molar-refractivity contribution in [3.8, 4) is 22.3 Å². The predicted molar refractivity (Wildman–Crippen MR) is 260 cm³/mol. The predicted octanol–water partition coefficient (Wildman–Crippen LogP) is 17.1. The van der Waals surface area contributed by atoms with Gasteiger partial charge in [-0.2, -0.15) is 0 Å². The highest BCUT2D eigenvalue weighted by Gasteiger charge is 2.51. The van der Waals surface area contributed by atoms with E-state index < -0.39 is 0 Å². The summed E-state index contributed by atoms with van der Waals surface area (Å²) in [5.41, 5.74) is 8.96. The molecule has 17 rings (SSSR count). The van der Waals surface area contributed by atoms with Crippen LogP contribution in [-0.4, -0.2) is 0 Å². The average Bonchev–Trinajstić information content (AvgIpc) is 3.68. The molecule has 8 saturated carbocycles. The Morgan fingerprint density at radius 1 is 0.311 bits per heavy atom. The molecule has 0 atom stereocenters. The molecule has 1 heterocycles. The molecular formula is C60H52S. The molecule has 1 aromatic heterocycles.